The molecule has 0 aromatic carbocycles. The normalized spacial score (nSPS) is 22.2. The zero-order chi connectivity index (χ0) is 9.68. The summed E-state index contributed by atoms with van der Waals surface area (Å²) < 4.78 is 12.7. The summed E-state index contributed by atoms with van der Waals surface area (Å²) in [6.07, 6.45) is 6.36. The lowest BCUT2D eigenvalue weighted by molar-refractivity contribution is 0.220. The van der Waals surface area contributed by atoms with Gasteiger partial charge in [0, 0.05) is 12.1 Å². The van der Waals surface area contributed by atoms with Crippen molar-refractivity contribution in [1.29, 1.82) is 0 Å². The average Bonchev–Trinajstić information content (AvgIpc) is 2.15. The zero-order valence-electron chi connectivity index (χ0n) is 8.85. The van der Waals surface area contributed by atoms with Gasteiger partial charge >= 0.3 is 0 Å². The van der Waals surface area contributed by atoms with Gasteiger partial charge in [0.2, 0.25) is 0 Å². The van der Waals surface area contributed by atoms with Crippen LogP contribution in [-0.2, 0) is 0 Å². The largest absolute Gasteiger partial charge is 0.309 e. The maximum Gasteiger partial charge on any atom is 0.105 e. The van der Waals surface area contributed by atoms with Crippen LogP contribution in [0.1, 0.15) is 46.0 Å². The molecule has 0 heterocycles. The van der Waals surface area contributed by atoms with Crippen LogP contribution >= 0.6 is 0 Å². The van der Waals surface area contributed by atoms with Crippen molar-refractivity contribution in [2.45, 2.75) is 58.0 Å². The van der Waals surface area contributed by atoms with Crippen LogP contribution in [0.15, 0.2) is 0 Å². The van der Waals surface area contributed by atoms with Gasteiger partial charge in [-0.3, -0.25) is 0 Å². The van der Waals surface area contributed by atoms with Crippen LogP contribution < -0.4 is 5.32 Å². The van der Waals surface area contributed by atoms with Crippen molar-refractivity contribution < 1.29 is 4.39 Å². The highest BCUT2D eigenvalue weighted by Crippen LogP contribution is 2.26. The molecular weight excluding hydrogens is 165 g/mol. The molecular formula is C11H22FN. The third-order valence-electron chi connectivity index (χ3n) is 2.93. The van der Waals surface area contributed by atoms with E-state index in [0.29, 0.717) is 12.0 Å². The Bertz CT molecular complexity index is 130. The number of rotatable bonds is 4. The molecule has 1 aliphatic carbocycles. The number of halogens is 1. The van der Waals surface area contributed by atoms with E-state index >= 15 is 0 Å². The molecule has 0 amide bonds. The van der Waals surface area contributed by atoms with E-state index in [1.807, 2.05) is 0 Å². The summed E-state index contributed by atoms with van der Waals surface area (Å²) in [6.45, 7) is 3.97. The SMILES string of the molecule is CC(C)NC(CF)C1CCCCC1. The van der Waals surface area contributed by atoms with Crippen LogP contribution in [-0.4, -0.2) is 18.8 Å². The molecule has 0 aliphatic heterocycles. The fraction of sp³-hybridized carbons (Fsp3) is 1.00. The van der Waals surface area contributed by atoms with Gasteiger partial charge in [0.25, 0.3) is 0 Å². The van der Waals surface area contributed by atoms with Crippen LogP contribution in [0.4, 0.5) is 4.39 Å². The molecule has 0 aromatic heterocycles. The molecule has 78 valence electrons. The van der Waals surface area contributed by atoms with Crippen molar-refractivity contribution in [3.05, 3.63) is 0 Å². The predicted octanol–water partition coefficient (Wildman–Crippen LogP) is 2.90. The van der Waals surface area contributed by atoms with E-state index in [1.54, 1.807) is 0 Å². The molecule has 1 rings (SSSR count). The van der Waals surface area contributed by atoms with Crippen LogP contribution in [0, 0.1) is 5.92 Å². The average molecular weight is 187 g/mol. The maximum absolute atomic E-state index is 12.7. The lowest BCUT2D eigenvalue weighted by Crippen LogP contribution is -2.42. The Morgan fingerprint density at radius 3 is 2.31 bits per heavy atom. The van der Waals surface area contributed by atoms with Gasteiger partial charge in [0.15, 0.2) is 0 Å². The van der Waals surface area contributed by atoms with E-state index in [9.17, 15) is 4.39 Å². The summed E-state index contributed by atoms with van der Waals surface area (Å²) >= 11 is 0. The molecule has 1 saturated carbocycles. The smallest absolute Gasteiger partial charge is 0.105 e. The summed E-state index contributed by atoms with van der Waals surface area (Å²) in [5, 5.41) is 3.32. The summed E-state index contributed by atoms with van der Waals surface area (Å²) in [5.41, 5.74) is 0. The lowest BCUT2D eigenvalue weighted by Gasteiger charge is -2.30. The molecule has 2 heteroatoms. The number of hydrogen-bond donors (Lipinski definition) is 1. The summed E-state index contributed by atoms with van der Waals surface area (Å²) in [6, 6.07) is 0.517. The Morgan fingerprint density at radius 1 is 1.23 bits per heavy atom. The quantitative estimate of drug-likeness (QED) is 0.713. The fourth-order valence-electron chi connectivity index (χ4n) is 2.27. The minimum absolute atomic E-state index is 0.111. The highest BCUT2D eigenvalue weighted by atomic mass is 19.1. The van der Waals surface area contributed by atoms with Crippen molar-refractivity contribution in [2.24, 2.45) is 5.92 Å². The Morgan fingerprint density at radius 2 is 1.85 bits per heavy atom. The fourth-order valence-corrected chi connectivity index (χ4v) is 2.27. The van der Waals surface area contributed by atoms with E-state index in [0.717, 1.165) is 0 Å². The Kier molecular flexibility index (Phi) is 4.71. The van der Waals surface area contributed by atoms with Gasteiger partial charge in [-0.05, 0) is 18.8 Å². The third kappa shape index (κ3) is 3.63. The Hall–Kier alpha value is -0.110. The van der Waals surface area contributed by atoms with Crippen molar-refractivity contribution in [3.8, 4) is 0 Å². The number of alkyl halides is 1. The summed E-state index contributed by atoms with van der Waals surface area (Å²) in [5.74, 6) is 0.584. The summed E-state index contributed by atoms with van der Waals surface area (Å²) in [4.78, 5) is 0. The third-order valence-corrected chi connectivity index (χ3v) is 2.93. The second-order valence-corrected chi connectivity index (χ2v) is 4.48. The molecule has 0 aromatic rings. The highest BCUT2D eigenvalue weighted by Gasteiger charge is 2.23. The predicted molar refractivity (Wildman–Crippen MR) is 54.6 cm³/mol. The zero-order valence-corrected chi connectivity index (χ0v) is 8.85. The van der Waals surface area contributed by atoms with Crippen LogP contribution in [0.2, 0.25) is 0 Å². The monoisotopic (exact) mass is 187 g/mol. The summed E-state index contributed by atoms with van der Waals surface area (Å²) in [7, 11) is 0. The minimum atomic E-state index is -0.206. The first-order valence-electron chi connectivity index (χ1n) is 5.56. The van der Waals surface area contributed by atoms with E-state index in [-0.39, 0.29) is 12.7 Å². The Balaban J connectivity index is 2.34. The first-order valence-corrected chi connectivity index (χ1v) is 5.56. The number of hydrogen-bond acceptors (Lipinski definition) is 1. The Labute approximate surface area is 81.1 Å². The van der Waals surface area contributed by atoms with Gasteiger partial charge < -0.3 is 5.32 Å². The molecule has 1 fully saturated rings. The molecule has 1 aliphatic rings. The molecule has 1 N–H and O–H groups in total. The first-order chi connectivity index (χ1) is 6.24. The van der Waals surface area contributed by atoms with Gasteiger partial charge in [0.1, 0.15) is 6.67 Å². The van der Waals surface area contributed by atoms with Crippen LogP contribution in [0.3, 0.4) is 0 Å². The topological polar surface area (TPSA) is 12.0 Å². The van der Waals surface area contributed by atoms with Gasteiger partial charge in [-0.1, -0.05) is 33.1 Å². The van der Waals surface area contributed by atoms with E-state index in [1.165, 1.54) is 32.1 Å². The molecule has 0 bridgehead atoms. The van der Waals surface area contributed by atoms with E-state index in [4.69, 9.17) is 0 Å². The van der Waals surface area contributed by atoms with E-state index in [2.05, 4.69) is 19.2 Å². The molecule has 1 nitrogen and oxygen atoms in total. The number of nitrogens with one attached hydrogen (secondary N) is 1. The maximum atomic E-state index is 12.7. The minimum Gasteiger partial charge on any atom is -0.309 e. The van der Waals surface area contributed by atoms with Crippen molar-refractivity contribution in [2.75, 3.05) is 6.67 Å². The van der Waals surface area contributed by atoms with E-state index < -0.39 is 0 Å². The van der Waals surface area contributed by atoms with Gasteiger partial charge in [-0.25, -0.2) is 4.39 Å². The second-order valence-electron chi connectivity index (χ2n) is 4.48. The molecule has 13 heavy (non-hydrogen) atoms. The molecule has 0 spiro atoms. The second kappa shape index (κ2) is 5.58. The highest BCUT2D eigenvalue weighted by molar-refractivity contribution is 4.79. The van der Waals surface area contributed by atoms with Crippen molar-refractivity contribution in [1.82, 2.24) is 5.32 Å². The molecule has 0 saturated heterocycles. The van der Waals surface area contributed by atoms with Crippen LogP contribution in [0.25, 0.3) is 0 Å². The standard InChI is InChI=1S/C11H22FN/c1-9(2)13-11(8-12)10-6-4-3-5-7-10/h9-11,13H,3-8H2,1-2H3. The van der Waals surface area contributed by atoms with Gasteiger partial charge in [-0.15, -0.1) is 0 Å². The van der Waals surface area contributed by atoms with Crippen molar-refractivity contribution >= 4 is 0 Å². The van der Waals surface area contributed by atoms with Crippen LogP contribution in [0.5, 0.6) is 0 Å². The van der Waals surface area contributed by atoms with Gasteiger partial charge in [-0.2, -0.15) is 0 Å². The molecule has 0 radical (unpaired) electrons. The first kappa shape index (κ1) is 11.0. The molecule has 1 unspecified atom stereocenters. The van der Waals surface area contributed by atoms with Crippen molar-refractivity contribution in [3.63, 3.8) is 0 Å². The van der Waals surface area contributed by atoms with Gasteiger partial charge in [0.05, 0.1) is 0 Å². The lowest BCUT2D eigenvalue weighted by atomic mass is 9.84. The molecule has 1 atom stereocenters.